The van der Waals surface area contributed by atoms with Crippen LogP contribution in [0.25, 0.3) is 0 Å². The summed E-state index contributed by atoms with van der Waals surface area (Å²) < 4.78 is 5.48. The molecule has 2 unspecified atom stereocenters. The predicted molar refractivity (Wildman–Crippen MR) is 52.6 cm³/mol. The summed E-state index contributed by atoms with van der Waals surface area (Å²) in [6.45, 7) is 8.73. The maximum absolute atomic E-state index is 11.3. The van der Waals surface area contributed by atoms with Gasteiger partial charge in [-0.15, -0.1) is 0 Å². The van der Waals surface area contributed by atoms with Gasteiger partial charge in [0.05, 0.1) is 6.10 Å². The summed E-state index contributed by atoms with van der Waals surface area (Å²) in [5.41, 5.74) is 1.11. The van der Waals surface area contributed by atoms with Gasteiger partial charge < -0.3 is 4.74 Å². The SMILES string of the molecule is C=C1C(CC)CC(=O)CC1OCC. The highest BCUT2D eigenvalue weighted by Gasteiger charge is 2.29. The first-order valence-electron chi connectivity index (χ1n) is 5.01. The molecule has 2 heteroatoms. The largest absolute Gasteiger partial charge is 0.374 e. The molecule has 0 amide bonds. The molecule has 1 saturated carbocycles. The molecule has 1 rings (SSSR count). The van der Waals surface area contributed by atoms with Gasteiger partial charge in [0.1, 0.15) is 5.78 Å². The average molecular weight is 182 g/mol. The number of ketones is 1. The van der Waals surface area contributed by atoms with Gasteiger partial charge in [0.15, 0.2) is 0 Å². The quantitative estimate of drug-likeness (QED) is 0.626. The first-order chi connectivity index (χ1) is 6.19. The number of ether oxygens (including phenoxy) is 1. The van der Waals surface area contributed by atoms with E-state index in [-0.39, 0.29) is 6.10 Å². The van der Waals surface area contributed by atoms with Gasteiger partial charge in [0.2, 0.25) is 0 Å². The molecule has 13 heavy (non-hydrogen) atoms. The van der Waals surface area contributed by atoms with Crippen molar-refractivity contribution in [3.8, 4) is 0 Å². The number of rotatable bonds is 3. The molecule has 0 heterocycles. The molecule has 0 spiro atoms. The first-order valence-corrected chi connectivity index (χ1v) is 5.01. The van der Waals surface area contributed by atoms with Gasteiger partial charge >= 0.3 is 0 Å². The van der Waals surface area contributed by atoms with Gasteiger partial charge in [-0.25, -0.2) is 0 Å². The molecule has 0 aliphatic heterocycles. The van der Waals surface area contributed by atoms with Crippen LogP contribution in [0, 0.1) is 5.92 Å². The van der Waals surface area contributed by atoms with E-state index in [1.165, 1.54) is 0 Å². The van der Waals surface area contributed by atoms with E-state index in [1.54, 1.807) is 0 Å². The van der Waals surface area contributed by atoms with Gasteiger partial charge in [-0.2, -0.15) is 0 Å². The summed E-state index contributed by atoms with van der Waals surface area (Å²) in [6, 6.07) is 0. The van der Waals surface area contributed by atoms with Crippen molar-refractivity contribution in [2.75, 3.05) is 6.61 Å². The Morgan fingerprint density at radius 1 is 1.46 bits per heavy atom. The molecular formula is C11H18O2. The van der Waals surface area contributed by atoms with Crippen LogP contribution in [0.2, 0.25) is 0 Å². The lowest BCUT2D eigenvalue weighted by Crippen LogP contribution is -2.30. The van der Waals surface area contributed by atoms with E-state index in [0.29, 0.717) is 31.1 Å². The third-order valence-electron chi connectivity index (χ3n) is 2.69. The van der Waals surface area contributed by atoms with E-state index < -0.39 is 0 Å². The molecule has 0 aromatic heterocycles. The predicted octanol–water partition coefficient (Wildman–Crippen LogP) is 2.34. The van der Waals surface area contributed by atoms with Gasteiger partial charge in [0, 0.05) is 19.4 Å². The number of carbonyl (C=O) groups is 1. The van der Waals surface area contributed by atoms with Crippen molar-refractivity contribution in [3.63, 3.8) is 0 Å². The van der Waals surface area contributed by atoms with Crippen molar-refractivity contribution in [1.82, 2.24) is 0 Å². The Bertz CT molecular complexity index is 208. The fraction of sp³-hybridized carbons (Fsp3) is 0.727. The molecule has 2 nitrogen and oxygen atoms in total. The van der Waals surface area contributed by atoms with Crippen LogP contribution >= 0.6 is 0 Å². The minimum absolute atomic E-state index is 0.0174. The van der Waals surface area contributed by atoms with E-state index in [9.17, 15) is 4.79 Å². The van der Waals surface area contributed by atoms with E-state index in [4.69, 9.17) is 4.74 Å². The van der Waals surface area contributed by atoms with Crippen LogP contribution in [0.4, 0.5) is 0 Å². The molecule has 1 fully saturated rings. The third-order valence-corrected chi connectivity index (χ3v) is 2.69. The highest BCUT2D eigenvalue weighted by molar-refractivity contribution is 5.81. The van der Waals surface area contributed by atoms with Gasteiger partial charge in [-0.3, -0.25) is 4.79 Å². The fourth-order valence-electron chi connectivity index (χ4n) is 1.86. The smallest absolute Gasteiger partial charge is 0.136 e. The molecule has 0 bridgehead atoms. The Balaban J connectivity index is 2.63. The molecule has 1 aliphatic carbocycles. The normalized spacial score (nSPS) is 29.4. The van der Waals surface area contributed by atoms with E-state index in [1.807, 2.05) is 6.92 Å². The molecule has 0 N–H and O–H groups in total. The zero-order valence-corrected chi connectivity index (χ0v) is 8.51. The first kappa shape index (κ1) is 10.5. The van der Waals surface area contributed by atoms with Crippen LogP contribution in [0.1, 0.15) is 33.1 Å². The Hall–Kier alpha value is -0.630. The second-order valence-electron chi connectivity index (χ2n) is 3.57. The Morgan fingerprint density at radius 2 is 2.15 bits per heavy atom. The topological polar surface area (TPSA) is 26.3 Å². The van der Waals surface area contributed by atoms with Gasteiger partial charge in [-0.1, -0.05) is 13.5 Å². The van der Waals surface area contributed by atoms with Crippen molar-refractivity contribution >= 4 is 5.78 Å². The molecule has 0 saturated heterocycles. The molecule has 0 aromatic carbocycles. The van der Waals surface area contributed by atoms with Gasteiger partial charge in [-0.05, 0) is 24.8 Å². The highest BCUT2D eigenvalue weighted by Crippen LogP contribution is 2.30. The number of carbonyl (C=O) groups excluding carboxylic acids is 1. The molecule has 0 radical (unpaired) electrons. The van der Waals surface area contributed by atoms with Crippen LogP contribution in [0.15, 0.2) is 12.2 Å². The molecule has 74 valence electrons. The molecule has 2 atom stereocenters. The summed E-state index contributed by atoms with van der Waals surface area (Å²) in [5.74, 6) is 0.663. The monoisotopic (exact) mass is 182 g/mol. The number of Topliss-reactive ketones (excluding diaryl/α,β-unsaturated/α-hetero) is 1. The molecule has 0 aromatic rings. The van der Waals surface area contributed by atoms with Crippen LogP contribution in [-0.2, 0) is 9.53 Å². The second kappa shape index (κ2) is 4.56. The molecule has 1 aliphatic rings. The zero-order chi connectivity index (χ0) is 9.84. The fourth-order valence-corrected chi connectivity index (χ4v) is 1.86. The van der Waals surface area contributed by atoms with Crippen LogP contribution in [-0.4, -0.2) is 18.5 Å². The standard InChI is InChI=1S/C11H18O2/c1-4-9-6-10(12)7-11(8(9)3)13-5-2/h9,11H,3-7H2,1-2H3. The minimum Gasteiger partial charge on any atom is -0.374 e. The van der Waals surface area contributed by atoms with E-state index in [0.717, 1.165) is 12.0 Å². The van der Waals surface area contributed by atoms with Crippen molar-refractivity contribution < 1.29 is 9.53 Å². The van der Waals surface area contributed by atoms with Crippen LogP contribution in [0.3, 0.4) is 0 Å². The van der Waals surface area contributed by atoms with Crippen molar-refractivity contribution in [1.29, 1.82) is 0 Å². The summed E-state index contributed by atoms with van der Waals surface area (Å²) in [7, 11) is 0. The summed E-state index contributed by atoms with van der Waals surface area (Å²) in [5, 5.41) is 0. The van der Waals surface area contributed by atoms with Crippen molar-refractivity contribution in [3.05, 3.63) is 12.2 Å². The lowest BCUT2D eigenvalue weighted by molar-refractivity contribution is -0.123. The van der Waals surface area contributed by atoms with Crippen LogP contribution < -0.4 is 0 Å². The average Bonchev–Trinajstić information content (AvgIpc) is 2.11. The number of hydrogen-bond acceptors (Lipinski definition) is 2. The summed E-state index contributed by atoms with van der Waals surface area (Å²) in [4.78, 5) is 11.3. The Labute approximate surface area is 80.0 Å². The zero-order valence-electron chi connectivity index (χ0n) is 8.51. The van der Waals surface area contributed by atoms with Crippen molar-refractivity contribution in [2.24, 2.45) is 5.92 Å². The highest BCUT2D eigenvalue weighted by atomic mass is 16.5. The van der Waals surface area contributed by atoms with E-state index >= 15 is 0 Å². The maximum atomic E-state index is 11.3. The number of hydrogen-bond donors (Lipinski definition) is 0. The van der Waals surface area contributed by atoms with Crippen LogP contribution in [0.5, 0.6) is 0 Å². The van der Waals surface area contributed by atoms with Crippen molar-refractivity contribution in [2.45, 2.75) is 39.2 Å². The minimum atomic E-state index is -0.0174. The Morgan fingerprint density at radius 3 is 2.69 bits per heavy atom. The summed E-state index contributed by atoms with van der Waals surface area (Å²) >= 11 is 0. The lowest BCUT2D eigenvalue weighted by Gasteiger charge is -2.30. The molecular weight excluding hydrogens is 164 g/mol. The second-order valence-corrected chi connectivity index (χ2v) is 3.57. The third kappa shape index (κ3) is 2.41. The maximum Gasteiger partial charge on any atom is 0.136 e. The van der Waals surface area contributed by atoms with E-state index in [2.05, 4.69) is 13.5 Å². The lowest BCUT2D eigenvalue weighted by atomic mass is 9.81. The van der Waals surface area contributed by atoms with Gasteiger partial charge in [0.25, 0.3) is 0 Å². The Kier molecular flexibility index (Phi) is 3.67. The summed E-state index contributed by atoms with van der Waals surface area (Å²) in [6.07, 6.45) is 2.17.